The normalized spacial score (nSPS) is 13.0. The standard InChI is InChI=1S/C25H24Cl2FN3O3/c1-25(2,3)34-24(33)31-21(15-7-5-4-6-8-15)23(32)30-20(16-9-11-17(26)12-10-16)22-19(28)13-18(27)14-29-22/h4-14,20-21H,1-3H3,(H,30,32)(H,31,33). The number of hydrogen-bond acceptors (Lipinski definition) is 4. The van der Waals surface area contributed by atoms with Crippen molar-refractivity contribution in [1.29, 1.82) is 0 Å². The molecule has 2 amide bonds. The van der Waals surface area contributed by atoms with E-state index in [1.54, 1.807) is 75.4 Å². The van der Waals surface area contributed by atoms with Gasteiger partial charge >= 0.3 is 6.09 Å². The van der Waals surface area contributed by atoms with Gasteiger partial charge in [-0.15, -0.1) is 0 Å². The molecule has 6 nitrogen and oxygen atoms in total. The number of benzene rings is 2. The number of rotatable bonds is 6. The van der Waals surface area contributed by atoms with Crippen molar-refractivity contribution in [3.8, 4) is 0 Å². The lowest BCUT2D eigenvalue weighted by Gasteiger charge is -2.26. The third-order valence-corrected chi connectivity index (χ3v) is 5.11. The predicted molar refractivity (Wildman–Crippen MR) is 129 cm³/mol. The molecule has 0 aliphatic rings. The van der Waals surface area contributed by atoms with E-state index in [0.717, 1.165) is 6.07 Å². The first kappa shape index (κ1) is 25.5. The Balaban J connectivity index is 1.97. The van der Waals surface area contributed by atoms with E-state index in [9.17, 15) is 14.0 Å². The highest BCUT2D eigenvalue weighted by atomic mass is 35.5. The number of pyridine rings is 1. The molecule has 0 spiro atoms. The molecular formula is C25H24Cl2FN3O3. The molecule has 2 unspecified atom stereocenters. The van der Waals surface area contributed by atoms with Crippen molar-refractivity contribution in [2.24, 2.45) is 0 Å². The van der Waals surface area contributed by atoms with Crippen LogP contribution in [0, 0.1) is 5.82 Å². The molecule has 0 aliphatic carbocycles. The molecule has 9 heteroatoms. The van der Waals surface area contributed by atoms with Crippen molar-refractivity contribution in [2.75, 3.05) is 0 Å². The van der Waals surface area contributed by atoms with E-state index < -0.39 is 35.5 Å². The zero-order chi connectivity index (χ0) is 24.9. The van der Waals surface area contributed by atoms with Crippen LogP contribution in [0.4, 0.5) is 9.18 Å². The van der Waals surface area contributed by atoms with Crippen LogP contribution in [-0.4, -0.2) is 22.6 Å². The largest absolute Gasteiger partial charge is 0.444 e. The summed E-state index contributed by atoms with van der Waals surface area (Å²) < 4.78 is 20.1. The van der Waals surface area contributed by atoms with Gasteiger partial charge in [0.15, 0.2) is 0 Å². The van der Waals surface area contributed by atoms with Gasteiger partial charge in [-0.3, -0.25) is 9.78 Å². The number of amides is 2. The van der Waals surface area contributed by atoms with Crippen LogP contribution < -0.4 is 10.6 Å². The SMILES string of the molecule is CC(C)(C)OC(=O)NC(C(=O)NC(c1ccc(Cl)cc1)c1ncc(Cl)cc1F)c1ccccc1. The Labute approximate surface area is 207 Å². The van der Waals surface area contributed by atoms with Crippen LogP contribution in [0.1, 0.15) is 49.7 Å². The minimum Gasteiger partial charge on any atom is -0.444 e. The number of halogens is 3. The van der Waals surface area contributed by atoms with Gasteiger partial charge in [0.2, 0.25) is 5.91 Å². The third kappa shape index (κ3) is 6.92. The Morgan fingerprint density at radius 3 is 2.18 bits per heavy atom. The maximum atomic E-state index is 14.8. The second-order valence-electron chi connectivity index (χ2n) is 8.50. The van der Waals surface area contributed by atoms with Crippen molar-refractivity contribution in [3.05, 3.63) is 99.5 Å². The summed E-state index contributed by atoms with van der Waals surface area (Å²) in [5.74, 6) is -1.28. The van der Waals surface area contributed by atoms with Crippen LogP contribution >= 0.6 is 23.2 Å². The fourth-order valence-electron chi connectivity index (χ4n) is 3.20. The Morgan fingerprint density at radius 1 is 0.941 bits per heavy atom. The second-order valence-corrected chi connectivity index (χ2v) is 9.38. The number of alkyl carbamates (subject to hydrolysis) is 1. The number of carbonyl (C=O) groups excluding carboxylic acids is 2. The van der Waals surface area contributed by atoms with Gasteiger partial charge in [0.25, 0.3) is 0 Å². The first-order valence-electron chi connectivity index (χ1n) is 10.4. The van der Waals surface area contributed by atoms with Crippen molar-refractivity contribution < 1.29 is 18.7 Å². The lowest BCUT2D eigenvalue weighted by Crippen LogP contribution is -2.44. The molecule has 1 aromatic heterocycles. The number of ether oxygens (including phenoxy) is 1. The summed E-state index contributed by atoms with van der Waals surface area (Å²) >= 11 is 11.9. The van der Waals surface area contributed by atoms with Crippen molar-refractivity contribution >= 4 is 35.2 Å². The van der Waals surface area contributed by atoms with E-state index >= 15 is 0 Å². The molecule has 1 heterocycles. The molecule has 3 rings (SSSR count). The summed E-state index contributed by atoms with van der Waals surface area (Å²) in [6, 6.07) is 14.2. The highest BCUT2D eigenvalue weighted by Crippen LogP contribution is 2.27. The number of hydrogen-bond donors (Lipinski definition) is 2. The number of nitrogens with one attached hydrogen (secondary N) is 2. The summed E-state index contributed by atoms with van der Waals surface area (Å²) in [5.41, 5.74) is 0.259. The van der Waals surface area contributed by atoms with Crippen molar-refractivity contribution in [1.82, 2.24) is 15.6 Å². The zero-order valence-corrected chi connectivity index (χ0v) is 20.3. The lowest BCUT2D eigenvalue weighted by molar-refractivity contribution is -0.123. The smallest absolute Gasteiger partial charge is 0.408 e. The molecule has 3 aromatic rings. The molecule has 0 aliphatic heterocycles. The minimum absolute atomic E-state index is 0.0378. The molecule has 178 valence electrons. The van der Waals surface area contributed by atoms with E-state index in [2.05, 4.69) is 15.6 Å². The minimum atomic E-state index is -1.11. The van der Waals surface area contributed by atoms with Crippen molar-refractivity contribution in [3.63, 3.8) is 0 Å². The average Bonchev–Trinajstić information content (AvgIpc) is 2.76. The van der Waals surface area contributed by atoms with E-state index in [1.165, 1.54) is 6.20 Å². The first-order valence-corrected chi connectivity index (χ1v) is 11.2. The van der Waals surface area contributed by atoms with Gasteiger partial charge in [-0.2, -0.15) is 0 Å². The Hall–Kier alpha value is -3.16. The number of nitrogens with zero attached hydrogens (tertiary/aromatic N) is 1. The molecule has 0 fully saturated rings. The monoisotopic (exact) mass is 503 g/mol. The van der Waals surface area contributed by atoms with Crippen LogP contribution in [0.3, 0.4) is 0 Å². The molecule has 2 aromatic carbocycles. The zero-order valence-electron chi connectivity index (χ0n) is 18.8. The molecule has 0 saturated carbocycles. The van der Waals surface area contributed by atoms with Gasteiger partial charge < -0.3 is 15.4 Å². The van der Waals surface area contributed by atoms with Gasteiger partial charge in [0, 0.05) is 11.2 Å². The highest BCUT2D eigenvalue weighted by molar-refractivity contribution is 6.30. The predicted octanol–water partition coefficient (Wildman–Crippen LogP) is 6.00. The van der Waals surface area contributed by atoms with Crippen molar-refractivity contribution in [2.45, 2.75) is 38.5 Å². The van der Waals surface area contributed by atoms with Crippen LogP contribution in [0.15, 0.2) is 66.9 Å². The lowest BCUT2D eigenvalue weighted by atomic mass is 10.0. The van der Waals surface area contributed by atoms with Crippen LogP contribution in [0.25, 0.3) is 0 Å². The molecule has 0 radical (unpaired) electrons. The van der Waals surface area contributed by atoms with Crippen LogP contribution in [0.2, 0.25) is 10.0 Å². The van der Waals surface area contributed by atoms with Crippen LogP contribution in [-0.2, 0) is 9.53 Å². The van der Waals surface area contributed by atoms with E-state index in [-0.39, 0.29) is 10.7 Å². The summed E-state index contributed by atoms with van der Waals surface area (Å²) in [5, 5.41) is 6.00. The Morgan fingerprint density at radius 2 is 1.59 bits per heavy atom. The molecule has 0 bridgehead atoms. The first-order chi connectivity index (χ1) is 16.0. The summed E-state index contributed by atoms with van der Waals surface area (Å²) in [6.45, 7) is 5.15. The van der Waals surface area contributed by atoms with Crippen LogP contribution in [0.5, 0.6) is 0 Å². The third-order valence-electron chi connectivity index (χ3n) is 4.66. The average molecular weight is 504 g/mol. The summed E-state index contributed by atoms with van der Waals surface area (Å²) in [4.78, 5) is 30.1. The fraction of sp³-hybridized carbons (Fsp3) is 0.240. The Kier molecular flexibility index (Phi) is 8.12. The second kappa shape index (κ2) is 10.8. The number of carbonyl (C=O) groups is 2. The molecule has 2 atom stereocenters. The van der Waals surface area contributed by atoms with Gasteiger partial charge in [0.05, 0.1) is 11.1 Å². The summed E-state index contributed by atoms with van der Waals surface area (Å²) in [6.07, 6.45) is 0.526. The number of aromatic nitrogens is 1. The van der Waals surface area contributed by atoms with Gasteiger partial charge in [0.1, 0.15) is 23.2 Å². The van der Waals surface area contributed by atoms with E-state index in [1.807, 2.05) is 0 Å². The Bertz CT molecular complexity index is 1150. The maximum Gasteiger partial charge on any atom is 0.408 e. The van der Waals surface area contributed by atoms with Gasteiger partial charge in [-0.05, 0) is 50.1 Å². The molecular weight excluding hydrogens is 480 g/mol. The van der Waals surface area contributed by atoms with E-state index in [0.29, 0.717) is 16.1 Å². The highest BCUT2D eigenvalue weighted by Gasteiger charge is 2.30. The maximum absolute atomic E-state index is 14.8. The quantitative estimate of drug-likeness (QED) is 0.432. The molecule has 0 saturated heterocycles. The fourth-order valence-corrected chi connectivity index (χ4v) is 3.47. The molecule has 34 heavy (non-hydrogen) atoms. The molecule has 2 N–H and O–H groups in total. The topological polar surface area (TPSA) is 80.3 Å². The van der Waals surface area contributed by atoms with Gasteiger partial charge in [-0.1, -0.05) is 65.7 Å². The van der Waals surface area contributed by atoms with Gasteiger partial charge in [-0.25, -0.2) is 9.18 Å². The van der Waals surface area contributed by atoms with E-state index in [4.69, 9.17) is 27.9 Å². The summed E-state index contributed by atoms with van der Waals surface area (Å²) in [7, 11) is 0.